The quantitative estimate of drug-likeness (QED) is 0.701. The van der Waals surface area contributed by atoms with E-state index in [0.717, 1.165) is 0 Å². The first kappa shape index (κ1) is 15.5. The van der Waals surface area contributed by atoms with Crippen LogP contribution in [0.25, 0.3) is 0 Å². The lowest BCUT2D eigenvalue weighted by Crippen LogP contribution is -2.38. The van der Waals surface area contributed by atoms with Gasteiger partial charge in [0.1, 0.15) is 11.8 Å². The molecule has 1 atom stereocenters. The first-order valence-corrected chi connectivity index (χ1v) is 7.41. The number of nitrogens with zero attached hydrogens (tertiary/aromatic N) is 2. The van der Waals surface area contributed by atoms with Crippen LogP contribution in [0.15, 0.2) is 71.6 Å². The second-order valence-corrected chi connectivity index (χ2v) is 5.05. The Balaban J connectivity index is 1.62. The summed E-state index contributed by atoms with van der Waals surface area (Å²) >= 11 is 0. The lowest BCUT2D eigenvalue weighted by atomic mass is 10.2. The summed E-state index contributed by atoms with van der Waals surface area (Å²) in [6.07, 6.45) is 4.96. The predicted octanol–water partition coefficient (Wildman–Crippen LogP) is 1.82. The van der Waals surface area contributed by atoms with Gasteiger partial charge in [-0.3, -0.25) is 14.3 Å². The van der Waals surface area contributed by atoms with Gasteiger partial charge in [-0.25, -0.2) is 0 Å². The molecule has 0 aliphatic heterocycles. The Labute approximate surface area is 138 Å². The smallest absolute Gasteiger partial charge is 0.313 e. The monoisotopic (exact) mass is 324 g/mol. The number of hydrogen-bond donors (Lipinski definition) is 2. The Bertz CT molecular complexity index is 748. The number of hydrogen-bond acceptors (Lipinski definition) is 4. The molecule has 3 rings (SSSR count). The number of aromatic nitrogens is 2. The van der Waals surface area contributed by atoms with Crippen LogP contribution in [-0.2, 0) is 9.59 Å². The lowest BCUT2D eigenvalue weighted by Gasteiger charge is -2.16. The van der Waals surface area contributed by atoms with Gasteiger partial charge in [0, 0.05) is 24.6 Å². The van der Waals surface area contributed by atoms with Crippen LogP contribution < -0.4 is 10.6 Å². The minimum Gasteiger partial charge on any atom is -0.467 e. The van der Waals surface area contributed by atoms with E-state index in [1.54, 1.807) is 65.8 Å². The number of carbonyl (C=O) groups is 2. The first-order chi connectivity index (χ1) is 11.7. The van der Waals surface area contributed by atoms with E-state index >= 15 is 0 Å². The summed E-state index contributed by atoms with van der Waals surface area (Å²) < 4.78 is 7.06. The molecular formula is C17H16N4O3. The van der Waals surface area contributed by atoms with Gasteiger partial charge in [-0.1, -0.05) is 18.2 Å². The van der Waals surface area contributed by atoms with E-state index in [4.69, 9.17) is 4.42 Å². The normalized spacial score (nSPS) is 11.7. The molecule has 3 aromatic rings. The fourth-order valence-electron chi connectivity index (χ4n) is 2.25. The van der Waals surface area contributed by atoms with E-state index in [0.29, 0.717) is 11.4 Å². The highest BCUT2D eigenvalue weighted by molar-refractivity contribution is 6.39. The third-order valence-corrected chi connectivity index (χ3v) is 3.41. The number of benzene rings is 1. The van der Waals surface area contributed by atoms with Crippen LogP contribution in [0.1, 0.15) is 11.8 Å². The molecule has 0 saturated carbocycles. The lowest BCUT2D eigenvalue weighted by molar-refractivity contribution is -0.136. The number of furan rings is 1. The van der Waals surface area contributed by atoms with Crippen LogP contribution in [0.2, 0.25) is 0 Å². The van der Waals surface area contributed by atoms with Gasteiger partial charge >= 0.3 is 11.8 Å². The van der Waals surface area contributed by atoms with Crippen molar-refractivity contribution in [3.63, 3.8) is 0 Å². The van der Waals surface area contributed by atoms with Crippen LogP contribution in [-0.4, -0.2) is 28.1 Å². The maximum absolute atomic E-state index is 12.0. The zero-order chi connectivity index (χ0) is 16.8. The number of nitrogens with one attached hydrogen (secondary N) is 2. The molecule has 7 heteroatoms. The predicted molar refractivity (Wildman–Crippen MR) is 87.2 cm³/mol. The summed E-state index contributed by atoms with van der Waals surface area (Å²) in [4.78, 5) is 23.9. The third-order valence-electron chi connectivity index (χ3n) is 3.41. The second-order valence-electron chi connectivity index (χ2n) is 5.05. The average Bonchev–Trinajstić information content (AvgIpc) is 3.30. The maximum atomic E-state index is 12.0. The fourth-order valence-corrected chi connectivity index (χ4v) is 2.25. The average molecular weight is 324 g/mol. The maximum Gasteiger partial charge on any atom is 0.313 e. The molecule has 0 aliphatic carbocycles. The molecule has 0 saturated heterocycles. The van der Waals surface area contributed by atoms with Gasteiger partial charge in [0.2, 0.25) is 0 Å². The SMILES string of the molecule is O=C(NCC(c1ccco1)n1cccn1)C(=O)Nc1ccccc1. The zero-order valence-electron chi connectivity index (χ0n) is 12.8. The van der Waals surface area contributed by atoms with Gasteiger partial charge in [-0.05, 0) is 30.3 Å². The van der Waals surface area contributed by atoms with Crippen molar-refractivity contribution in [1.29, 1.82) is 0 Å². The Morgan fingerprint density at radius 3 is 2.58 bits per heavy atom. The third kappa shape index (κ3) is 3.70. The van der Waals surface area contributed by atoms with Crippen molar-refractivity contribution < 1.29 is 14.0 Å². The van der Waals surface area contributed by atoms with Crippen molar-refractivity contribution >= 4 is 17.5 Å². The first-order valence-electron chi connectivity index (χ1n) is 7.41. The Morgan fingerprint density at radius 2 is 1.92 bits per heavy atom. The number of carbonyl (C=O) groups excluding carboxylic acids is 2. The van der Waals surface area contributed by atoms with Gasteiger partial charge in [0.25, 0.3) is 0 Å². The van der Waals surface area contributed by atoms with Crippen LogP contribution >= 0.6 is 0 Å². The summed E-state index contributed by atoms with van der Waals surface area (Å²) in [5.41, 5.74) is 0.562. The summed E-state index contributed by atoms with van der Waals surface area (Å²) in [6, 6.07) is 13.8. The van der Waals surface area contributed by atoms with Crippen molar-refractivity contribution in [2.75, 3.05) is 11.9 Å². The molecule has 2 aromatic heterocycles. The summed E-state index contributed by atoms with van der Waals surface area (Å²) in [7, 11) is 0. The van der Waals surface area contributed by atoms with E-state index in [9.17, 15) is 9.59 Å². The number of amides is 2. The topological polar surface area (TPSA) is 89.2 Å². The van der Waals surface area contributed by atoms with E-state index in [1.165, 1.54) is 0 Å². The molecule has 2 amide bonds. The highest BCUT2D eigenvalue weighted by Crippen LogP contribution is 2.17. The van der Waals surface area contributed by atoms with Gasteiger partial charge in [0.05, 0.1) is 6.26 Å². The van der Waals surface area contributed by atoms with Gasteiger partial charge in [-0.15, -0.1) is 0 Å². The van der Waals surface area contributed by atoms with Crippen LogP contribution in [0.5, 0.6) is 0 Å². The Kier molecular flexibility index (Phi) is 4.71. The second kappa shape index (κ2) is 7.28. The molecule has 0 spiro atoms. The molecule has 7 nitrogen and oxygen atoms in total. The number of anilines is 1. The molecule has 24 heavy (non-hydrogen) atoms. The molecule has 0 fully saturated rings. The van der Waals surface area contributed by atoms with Crippen LogP contribution in [0.4, 0.5) is 5.69 Å². The standard InChI is InChI=1S/C17H16N4O3/c22-16(17(23)20-13-6-2-1-3-7-13)18-12-14(15-8-4-11-24-15)21-10-5-9-19-21/h1-11,14H,12H2,(H,18,22)(H,20,23). The molecule has 0 aliphatic rings. The molecule has 122 valence electrons. The Hall–Kier alpha value is -3.35. The van der Waals surface area contributed by atoms with Crippen LogP contribution in [0, 0.1) is 0 Å². The van der Waals surface area contributed by atoms with Crippen LogP contribution in [0.3, 0.4) is 0 Å². The summed E-state index contributed by atoms with van der Waals surface area (Å²) in [5, 5.41) is 9.31. The van der Waals surface area contributed by atoms with Crippen molar-refractivity contribution in [2.45, 2.75) is 6.04 Å². The van der Waals surface area contributed by atoms with Crippen molar-refractivity contribution in [3.8, 4) is 0 Å². The van der Waals surface area contributed by atoms with Crippen molar-refractivity contribution in [2.24, 2.45) is 0 Å². The van der Waals surface area contributed by atoms with E-state index in [-0.39, 0.29) is 12.6 Å². The van der Waals surface area contributed by atoms with Crippen molar-refractivity contribution in [1.82, 2.24) is 15.1 Å². The van der Waals surface area contributed by atoms with E-state index in [1.807, 2.05) is 6.07 Å². The fraction of sp³-hybridized carbons (Fsp3) is 0.118. The number of para-hydroxylation sites is 1. The summed E-state index contributed by atoms with van der Waals surface area (Å²) in [6.45, 7) is 0.177. The van der Waals surface area contributed by atoms with Gasteiger partial charge < -0.3 is 15.1 Å². The zero-order valence-corrected chi connectivity index (χ0v) is 12.8. The van der Waals surface area contributed by atoms with E-state index < -0.39 is 11.8 Å². The van der Waals surface area contributed by atoms with E-state index in [2.05, 4.69) is 15.7 Å². The minimum atomic E-state index is -0.722. The molecule has 1 aromatic carbocycles. The molecule has 2 heterocycles. The molecule has 2 N–H and O–H groups in total. The van der Waals surface area contributed by atoms with Gasteiger partial charge in [0.15, 0.2) is 0 Å². The summed E-state index contributed by atoms with van der Waals surface area (Å²) in [5.74, 6) is -0.801. The van der Waals surface area contributed by atoms with Crippen molar-refractivity contribution in [3.05, 3.63) is 72.9 Å². The largest absolute Gasteiger partial charge is 0.467 e. The molecular weight excluding hydrogens is 308 g/mol. The molecule has 0 bridgehead atoms. The molecule has 0 radical (unpaired) electrons. The highest BCUT2D eigenvalue weighted by atomic mass is 16.3. The minimum absolute atomic E-state index is 0.177. The molecule has 1 unspecified atom stereocenters. The highest BCUT2D eigenvalue weighted by Gasteiger charge is 2.20. The van der Waals surface area contributed by atoms with Gasteiger partial charge in [-0.2, -0.15) is 5.10 Å². The number of rotatable bonds is 5. The Morgan fingerprint density at radius 1 is 1.08 bits per heavy atom.